The summed E-state index contributed by atoms with van der Waals surface area (Å²) in [5, 5.41) is 0. The molecule has 0 bridgehead atoms. The van der Waals surface area contributed by atoms with E-state index >= 15 is 0 Å². The number of hydrogen-bond acceptors (Lipinski definition) is 5. The third-order valence-electron chi connectivity index (χ3n) is 3.71. The molecule has 0 spiro atoms. The number of imidazole rings is 1. The zero-order valence-electron chi connectivity index (χ0n) is 16.8. The molecule has 32 heavy (non-hydrogen) atoms. The SMILES string of the molecule is Cl.[Cl][Os][c]1ncc[nH]1.c1ccc(-c2ccccn2)nc1.c1ccc(-c2ccccn2)nc1. The summed E-state index contributed by atoms with van der Waals surface area (Å²) in [7, 11) is 5.51. The van der Waals surface area contributed by atoms with Gasteiger partial charge in [-0.05, 0) is 48.5 Å². The van der Waals surface area contributed by atoms with E-state index in [1.165, 1.54) is 0 Å². The molecule has 5 rings (SSSR count). The van der Waals surface area contributed by atoms with Gasteiger partial charge in [0.05, 0.1) is 22.8 Å². The van der Waals surface area contributed by atoms with Gasteiger partial charge in [0, 0.05) is 24.8 Å². The first-order valence-corrected chi connectivity index (χ1v) is 13.7. The Morgan fingerprint density at radius 2 is 0.906 bits per heavy atom. The fraction of sp³-hybridized carbons (Fsp3) is 0. The van der Waals surface area contributed by atoms with Gasteiger partial charge in [0.15, 0.2) is 0 Å². The molecule has 0 aromatic carbocycles. The average molecular weight is 642 g/mol. The van der Waals surface area contributed by atoms with E-state index in [1.54, 1.807) is 37.2 Å². The molecule has 0 aliphatic rings. The van der Waals surface area contributed by atoms with Crippen LogP contribution in [0.25, 0.3) is 22.8 Å². The van der Waals surface area contributed by atoms with Crippen LogP contribution in [0.3, 0.4) is 0 Å². The zero-order chi connectivity index (χ0) is 21.6. The fourth-order valence-electron chi connectivity index (χ4n) is 2.34. The van der Waals surface area contributed by atoms with Crippen LogP contribution in [0.5, 0.6) is 0 Å². The van der Waals surface area contributed by atoms with E-state index in [2.05, 4.69) is 29.9 Å². The monoisotopic (exact) mass is 642 g/mol. The molecule has 164 valence electrons. The van der Waals surface area contributed by atoms with E-state index in [9.17, 15) is 0 Å². The van der Waals surface area contributed by atoms with Gasteiger partial charge in [0.2, 0.25) is 0 Å². The molecule has 5 aromatic heterocycles. The molecule has 0 fully saturated rings. The van der Waals surface area contributed by atoms with Crippen molar-refractivity contribution in [3.05, 3.63) is 110 Å². The topological polar surface area (TPSA) is 80.2 Å². The Kier molecular flexibility index (Phi) is 11.8. The summed E-state index contributed by atoms with van der Waals surface area (Å²) in [5.74, 6) is 0. The summed E-state index contributed by atoms with van der Waals surface area (Å²) in [5.41, 5.74) is 3.66. The molecule has 5 aromatic rings. The summed E-state index contributed by atoms with van der Waals surface area (Å²) >= 11 is -0.561. The van der Waals surface area contributed by atoms with E-state index in [1.807, 2.05) is 72.8 Å². The van der Waals surface area contributed by atoms with Gasteiger partial charge >= 0.3 is 52.8 Å². The molecule has 5 heterocycles. The smallest absolute Gasteiger partial charge is 0.0886 e. The van der Waals surface area contributed by atoms with Gasteiger partial charge in [-0.2, -0.15) is 0 Å². The third kappa shape index (κ3) is 8.64. The van der Waals surface area contributed by atoms with Crippen LogP contribution in [0.15, 0.2) is 110 Å². The Balaban J connectivity index is 0.000000174. The maximum absolute atomic E-state index is 5.51. The minimum Gasteiger partial charge on any atom is -0.255 e. The number of rotatable bonds is 3. The summed E-state index contributed by atoms with van der Waals surface area (Å²) in [6.07, 6.45) is 10.6. The van der Waals surface area contributed by atoms with Gasteiger partial charge in [-0.15, -0.1) is 12.4 Å². The van der Waals surface area contributed by atoms with Crippen LogP contribution < -0.4 is 4.38 Å². The molecular weight excluding hydrogens is 621 g/mol. The number of halogens is 2. The molecular formula is C23H20Cl2N6Os. The predicted molar refractivity (Wildman–Crippen MR) is 126 cm³/mol. The number of hydrogen-bond donors (Lipinski definition) is 1. The van der Waals surface area contributed by atoms with Crippen LogP contribution in [0.1, 0.15) is 0 Å². The maximum atomic E-state index is 5.51. The molecule has 0 aliphatic heterocycles. The van der Waals surface area contributed by atoms with Crippen molar-refractivity contribution in [1.29, 1.82) is 0 Å². The molecule has 1 N–H and O–H groups in total. The van der Waals surface area contributed by atoms with Crippen LogP contribution in [0, 0.1) is 0 Å². The molecule has 0 radical (unpaired) electrons. The van der Waals surface area contributed by atoms with Crippen molar-refractivity contribution in [2.24, 2.45) is 0 Å². The number of aromatic nitrogens is 6. The van der Waals surface area contributed by atoms with Gasteiger partial charge in [0.1, 0.15) is 0 Å². The summed E-state index contributed by atoms with van der Waals surface area (Å²) in [4.78, 5) is 23.6. The minimum absolute atomic E-state index is 0. The Bertz CT molecular complexity index is 951. The van der Waals surface area contributed by atoms with E-state index in [4.69, 9.17) is 9.64 Å². The number of H-pyrrole nitrogens is 1. The van der Waals surface area contributed by atoms with Crippen molar-refractivity contribution in [2.75, 3.05) is 0 Å². The Morgan fingerprint density at radius 3 is 1.09 bits per heavy atom. The van der Waals surface area contributed by atoms with Crippen molar-refractivity contribution in [3.63, 3.8) is 0 Å². The van der Waals surface area contributed by atoms with E-state index < -0.39 is 16.4 Å². The summed E-state index contributed by atoms with van der Waals surface area (Å²) in [6.45, 7) is 0. The fourth-order valence-corrected chi connectivity index (χ4v) is 3.60. The Labute approximate surface area is 204 Å². The zero-order valence-corrected chi connectivity index (χ0v) is 20.9. The van der Waals surface area contributed by atoms with Crippen molar-refractivity contribution < 1.29 is 16.4 Å². The van der Waals surface area contributed by atoms with Crippen molar-refractivity contribution in [2.45, 2.75) is 0 Å². The Morgan fingerprint density at radius 1 is 0.531 bits per heavy atom. The normalized spacial score (nSPS) is 9.41. The predicted octanol–water partition coefficient (Wildman–Crippen LogP) is 4.98. The van der Waals surface area contributed by atoms with Crippen molar-refractivity contribution >= 4 is 26.4 Å². The Hall–Kier alpha value is -2.97. The first kappa shape index (κ1) is 25.3. The van der Waals surface area contributed by atoms with Gasteiger partial charge in [-0.3, -0.25) is 19.9 Å². The third-order valence-corrected chi connectivity index (χ3v) is 5.89. The standard InChI is InChI=1S/2C10H8N2.C3H3N2.2ClH.Os/c2*1-3-7-11-9(5-1)10-6-2-4-8-12-10;1-2-5-3-4-1;;;/h2*1-8H;1-2H,(H,4,5);2*1H;/q;;;;;+1/p-1. The summed E-state index contributed by atoms with van der Waals surface area (Å²) in [6, 6.07) is 23.2. The first-order valence-electron chi connectivity index (χ1n) is 9.25. The average Bonchev–Trinajstić information content (AvgIpc) is 3.41. The quantitative estimate of drug-likeness (QED) is 0.301. The molecule has 0 unspecified atom stereocenters. The van der Waals surface area contributed by atoms with Crippen LogP contribution in [-0.4, -0.2) is 29.9 Å². The van der Waals surface area contributed by atoms with Gasteiger partial charge in [-0.25, -0.2) is 0 Å². The van der Waals surface area contributed by atoms with Gasteiger partial charge in [0.25, 0.3) is 0 Å². The minimum atomic E-state index is -0.561. The molecule has 0 amide bonds. The van der Waals surface area contributed by atoms with Crippen LogP contribution in [-0.2, 0) is 16.4 Å². The van der Waals surface area contributed by atoms with E-state index in [0.717, 1.165) is 27.2 Å². The van der Waals surface area contributed by atoms with E-state index in [0.29, 0.717) is 0 Å². The van der Waals surface area contributed by atoms with Crippen LogP contribution >= 0.6 is 22.0 Å². The van der Waals surface area contributed by atoms with Gasteiger partial charge in [-0.1, -0.05) is 24.3 Å². The molecule has 9 heteroatoms. The number of nitrogens with zero attached hydrogens (tertiary/aromatic N) is 5. The second kappa shape index (κ2) is 14.9. The molecule has 0 saturated carbocycles. The molecule has 6 nitrogen and oxygen atoms in total. The van der Waals surface area contributed by atoms with Crippen molar-refractivity contribution in [3.8, 4) is 22.8 Å². The van der Waals surface area contributed by atoms with Crippen molar-refractivity contribution in [1.82, 2.24) is 29.9 Å². The first-order chi connectivity index (χ1) is 15.4. The largest absolute Gasteiger partial charge is 0.255 e. The molecule has 0 saturated heterocycles. The number of nitrogens with one attached hydrogen (secondary N) is 1. The second-order valence-corrected chi connectivity index (χ2v) is 8.57. The van der Waals surface area contributed by atoms with Crippen LogP contribution in [0.2, 0.25) is 0 Å². The summed E-state index contributed by atoms with van der Waals surface area (Å²) < 4.78 is 0.960. The van der Waals surface area contributed by atoms with E-state index in [-0.39, 0.29) is 12.4 Å². The maximum Gasteiger partial charge on any atom is 0.0886 e. The van der Waals surface area contributed by atoms with Crippen LogP contribution in [0.4, 0.5) is 0 Å². The van der Waals surface area contributed by atoms with Gasteiger partial charge < -0.3 is 0 Å². The second-order valence-electron chi connectivity index (χ2n) is 5.80. The number of aromatic amines is 1. The number of pyridine rings is 4. The molecule has 0 atom stereocenters. The molecule has 0 aliphatic carbocycles.